The van der Waals surface area contributed by atoms with Gasteiger partial charge in [0, 0.05) is 12.3 Å². The molecule has 4 rings (SSSR count). The van der Waals surface area contributed by atoms with Crippen molar-refractivity contribution in [1.82, 2.24) is 10.3 Å². The van der Waals surface area contributed by atoms with Gasteiger partial charge in [0.15, 0.2) is 10.9 Å². The molecule has 3 aliphatic rings. The number of Topliss-reactive ketones (excluding diaryl/α,β-unsaturated/α-hetero) is 1. The zero-order valence-corrected chi connectivity index (χ0v) is 14.5. The zero-order valence-electron chi connectivity index (χ0n) is 13.7. The fourth-order valence-electron chi connectivity index (χ4n) is 4.16. The molecule has 1 saturated heterocycles. The first kappa shape index (κ1) is 15.3. The Morgan fingerprint density at radius 1 is 1.30 bits per heavy atom. The van der Waals surface area contributed by atoms with Gasteiger partial charge in [0.05, 0.1) is 10.6 Å². The fraction of sp³-hybridized carbons (Fsp3) is 0.706. The van der Waals surface area contributed by atoms with E-state index in [2.05, 4.69) is 29.5 Å². The molecule has 5 nitrogen and oxygen atoms in total. The number of thiazole rings is 1. The minimum atomic E-state index is -0.0327. The summed E-state index contributed by atoms with van der Waals surface area (Å²) in [6.45, 7) is 6.21. The van der Waals surface area contributed by atoms with Crippen molar-refractivity contribution >= 4 is 28.2 Å². The maximum atomic E-state index is 12.5. The van der Waals surface area contributed by atoms with E-state index < -0.39 is 0 Å². The first-order valence-electron chi connectivity index (χ1n) is 8.43. The highest BCUT2D eigenvalue weighted by atomic mass is 32.1. The molecule has 6 heteroatoms. The Hall–Kier alpha value is -1.27. The van der Waals surface area contributed by atoms with Crippen LogP contribution in [0, 0.1) is 16.7 Å². The number of nitrogens with zero attached hydrogens (tertiary/aromatic N) is 1. The molecule has 0 aromatic carbocycles. The molecule has 2 fully saturated rings. The number of ketones is 1. The summed E-state index contributed by atoms with van der Waals surface area (Å²) < 4.78 is 0. The van der Waals surface area contributed by atoms with Crippen LogP contribution in [0.15, 0.2) is 0 Å². The summed E-state index contributed by atoms with van der Waals surface area (Å²) in [6, 6.07) is 0. The Kier molecular flexibility index (Phi) is 3.39. The molecule has 1 spiro atoms. The molecule has 1 amide bonds. The maximum Gasteiger partial charge on any atom is 0.229 e. The van der Waals surface area contributed by atoms with Gasteiger partial charge >= 0.3 is 0 Å². The molecule has 23 heavy (non-hydrogen) atoms. The van der Waals surface area contributed by atoms with Crippen LogP contribution >= 0.6 is 11.3 Å². The number of nitrogens with one attached hydrogen (secondary N) is 2. The Morgan fingerprint density at radius 2 is 2.04 bits per heavy atom. The number of aromatic nitrogens is 1. The van der Waals surface area contributed by atoms with E-state index >= 15 is 0 Å². The second kappa shape index (κ2) is 5.11. The van der Waals surface area contributed by atoms with Gasteiger partial charge in [-0.05, 0) is 49.6 Å². The van der Waals surface area contributed by atoms with Crippen LogP contribution in [-0.2, 0) is 11.2 Å². The Labute approximate surface area is 140 Å². The van der Waals surface area contributed by atoms with Gasteiger partial charge in [0.1, 0.15) is 0 Å². The zero-order chi connectivity index (χ0) is 16.2. The molecular formula is C17H23N3O2S. The molecule has 1 aliphatic heterocycles. The lowest BCUT2D eigenvalue weighted by Crippen LogP contribution is -2.31. The van der Waals surface area contributed by atoms with Crippen molar-refractivity contribution in [1.29, 1.82) is 0 Å². The van der Waals surface area contributed by atoms with E-state index in [1.54, 1.807) is 0 Å². The molecule has 2 aliphatic carbocycles. The van der Waals surface area contributed by atoms with Crippen molar-refractivity contribution in [3.05, 3.63) is 10.6 Å². The monoisotopic (exact) mass is 333 g/mol. The third-order valence-corrected chi connectivity index (χ3v) is 6.63. The maximum absolute atomic E-state index is 12.5. The number of anilines is 1. The molecule has 1 saturated carbocycles. The number of amides is 1. The number of carbonyl (C=O) groups excluding carboxylic acids is 2. The second-order valence-electron chi connectivity index (χ2n) is 8.09. The molecule has 2 heterocycles. The Balaban J connectivity index is 1.46. The summed E-state index contributed by atoms with van der Waals surface area (Å²) in [5.74, 6) is 0.373. The number of hydrogen-bond donors (Lipinski definition) is 2. The third kappa shape index (κ3) is 2.72. The minimum absolute atomic E-state index is 0.0327. The van der Waals surface area contributed by atoms with Gasteiger partial charge in [0.2, 0.25) is 5.91 Å². The first-order valence-corrected chi connectivity index (χ1v) is 9.25. The van der Waals surface area contributed by atoms with Crippen molar-refractivity contribution in [2.45, 2.75) is 46.0 Å². The quantitative estimate of drug-likeness (QED) is 0.873. The van der Waals surface area contributed by atoms with Gasteiger partial charge in [-0.1, -0.05) is 25.2 Å². The highest BCUT2D eigenvalue weighted by Gasteiger charge is 2.57. The number of piperidine rings is 1. The molecule has 1 unspecified atom stereocenters. The molecule has 0 bridgehead atoms. The number of fused-ring (bicyclic) bond motifs is 1. The van der Waals surface area contributed by atoms with Gasteiger partial charge in [0.25, 0.3) is 0 Å². The van der Waals surface area contributed by atoms with Gasteiger partial charge in [-0.2, -0.15) is 0 Å². The summed E-state index contributed by atoms with van der Waals surface area (Å²) >= 11 is 1.35. The summed E-state index contributed by atoms with van der Waals surface area (Å²) in [5, 5.41) is 6.93. The number of carbonyl (C=O) groups is 2. The van der Waals surface area contributed by atoms with Gasteiger partial charge in [-0.15, -0.1) is 0 Å². The van der Waals surface area contributed by atoms with Crippen molar-refractivity contribution in [2.24, 2.45) is 16.7 Å². The van der Waals surface area contributed by atoms with Crippen molar-refractivity contribution in [3.8, 4) is 0 Å². The summed E-state index contributed by atoms with van der Waals surface area (Å²) in [6.07, 6.45) is 4.55. The molecule has 1 aromatic heterocycles. The van der Waals surface area contributed by atoms with Gasteiger partial charge in [-0.25, -0.2) is 4.98 Å². The number of hydrogen-bond acceptors (Lipinski definition) is 5. The van der Waals surface area contributed by atoms with E-state index in [1.165, 1.54) is 11.3 Å². The van der Waals surface area contributed by atoms with E-state index in [1.807, 2.05) is 0 Å². The van der Waals surface area contributed by atoms with Crippen LogP contribution in [0.2, 0.25) is 0 Å². The standard InChI is InChI=1S/C17H23N3O2S/c1-16(2)8-11-13(12(21)9-16)23-15(19-11)20-14(22)10-7-17(10)3-5-18-6-4-17/h10,18H,3-9H2,1-2H3,(H,19,20,22). The van der Waals surface area contributed by atoms with Gasteiger partial charge in [-0.3, -0.25) is 9.59 Å². The van der Waals surface area contributed by atoms with E-state index in [0.717, 1.165) is 49.3 Å². The molecular weight excluding hydrogens is 310 g/mol. The fourth-order valence-corrected chi connectivity index (χ4v) is 5.08. The average Bonchev–Trinajstić information content (AvgIpc) is 3.00. The molecule has 2 N–H and O–H groups in total. The molecule has 0 radical (unpaired) electrons. The topological polar surface area (TPSA) is 71.1 Å². The molecule has 124 valence electrons. The van der Waals surface area contributed by atoms with Crippen LogP contribution < -0.4 is 10.6 Å². The molecule has 1 aromatic rings. The normalized spacial score (nSPS) is 27.6. The second-order valence-corrected chi connectivity index (χ2v) is 9.09. The lowest BCUT2D eigenvalue weighted by molar-refractivity contribution is -0.118. The number of rotatable bonds is 2. The van der Waals surface area contributed by atoms with Crippen LogP contribution in [0.5, 0.6) is 0 Å². The lowest BCUT2D eigenvalue weighted by atomic mass is 9.78. The van der Waals surface area contributed by atoms with E-state index in [4.69, 9.17) is 0 Å². The van der Waals surface area contributed by atoms with Crippen LogP contribution in [-0.4, -0.2) is 29.8 Å². The summed E-state index contributed by atoms with van der Waals surface area (Å²) in [4.78, 5) is 30.0. The van der Waals surface area contributed by atoms with Crippen LogP contribution in [0.3, 0.4) is 0 Å². The van der Waals surface area contributed by atoms with E-state index in [0.29, 0.717) is 11.6 Å². The predicted octanol–water partition coefficient (Wildman–Crippen LogP) is 2.63. The largest absolute Gasteiger partial charge is 0.317 e. The van der Waals surface area contributed by atoms with Gasteiger partial charge < -0.3 is 10.6 Å². The van der Waals surface area contributed by atoms with Crippen LogP contribution in [0.25, 0.3) is 0 Å². The lowest BCUT2D eigenvalue weighted by Gasteiger charge is -2.26. The third-order valence-electron chi connectivity index (χ3n) is 5.57. The van der Waals surface area contributed by atoms with Crippen molar-refractivity contribution < 1.29 is 9.59 Å². The Bertz CT molecular complexity index is 673. The van der Waals surface area contributed by atoms with Crippen LogP contribution in [0.1, 0.15) is 54.9 Å². The summed E-state index contributed by atoms with van der Waals surface area (Å²) in [5.41, 5.74) is 1.05. The predicted molar refractivity (Wildman–Crippen MR) is 89.8 cm³/mol. The summed E-state index contributed by atoms with van der Waals surface area (Å²) in [7, 11) is 0. The smallest absolute Gasteiger partial charge is 0.229 e. The minimum Gasteiger partial charge on any atom is -0.317 e. The first-order chi connectivity index (χ1) is 10.9. The average molecular weight is 333 g/mol. The highest BCUT2D eigenvalue weighted by Crippen LogP contribution is 2.58. The highest BCUT2D eigenvalue weighted by molar-refractivity contribution is 7.17. The molecule has 1 atom stereocenters. The van der Waals surface area contributed by atoms with E-state index in [9.17, 15) is 9.59 Å². The SMILES string of the molecule is CC1(C)CC(=O)c2sc(NC(=O)C3CC34CCNCC4)nc2C1. The van der Waals surface area contributed by atoms with Crippen LogP contribution in [0.4, 0.5) is 5.13 Å². The Morgan fingerprint density at radius 3 is 2.78 bits per heavy atom. The van der Waals surface area contributed by atoms with Crippen molar-refractivity contribution in [2.75, 3.05) is 18.4 Å². The van der Waals surface area contributed by atoms with Crippen molar-refractivity contribution in [3.63, 3.8) is 0 Å². The van der Waals surface area contributed by atoms with E-state index in [-0.39, 0.29) is 28.4 Å².